The SMILES string of the molecule is O=C(c1cc(-c2cccs2)nc2ccccc12)N1N=C(C(F)F)C[C@@]1(O)C(F)F. The van der Waals surface area contributed by atoms with Crippen LogP contribution in [0.2, 0.25) is 0 Å². The second-order valence-electron chi connectivity index (χ2n) is 6.41. The van der Waals surface area contributed by atoms with Gasteiger partial charge in [-0.2, -0.15) is 10.1 Å². The third-order valence-corrected chi connectivity index (χ3v) is 5.44. The van der Waals surface area contributed by atoms with Crippen LogP contribution in [-0.2, 0) is 0 Å². The van der Waals surface area contributed by atoms with Crippen molar-refractivity contribution < 1.29 is 27.5 Å². The van der Waals surface area contributed by atoms with Crippen molar-refractivity contribution >= 4 is 33.9 Å². The zero-order valence-corrected chi connectivity index (χ0v) is 15.4. The lowest BCUT2D eigenvalue weighted by molar-refractivity contribution is -0.164. The fourth-order valence-electron chi connectivity index (χ4n) is 3.12. The van der Waals surface area contributed by atoms with Crippen LogP contribution in [0.15, 0.2) is 52.9 Å². The molecule has 4 rings (SSSR count). The number of aromatic nitrogens is 1. The summed E-state index contributed by atoms with van der Waals surface area (Å²) in [6.45, 7) is 0. The van der Waals surface area contributed by atoms with Gasteiger partial charge in [-0.25, -0.2) is 22.5 Å². The van der Waals surface area contributed by atoms with E-state index in [9.17, 15) is 27.5 Å². The van der Waals surface area contributed by atoms with Crippen LogP contribution in [0.1, 0.15) is 16.8 Å². The van der Waals surface area contributed by atoms with Crippen LogP contribution in [0.4, 0.5) is 17.6 Å². The first kappa shape index (κ1) is 19.5. The predicted molar refractivity (Wildman–Crippen MR) is 100 cm³/mol. The summed E-state index contributed by atoms with van der Waals surface area (Å²) >= 11 is 1.36. The molecule has 0 spiro atoms. The minimum absolute atomic E-state index is 0.0686. The Labute approximate surface area is 165 Å². The van der Waals surface area contributed by atoms with Crippen LogP contribution in [0.25, 0.3) is 21.5 Å². The highest BCUT2D eigenvalue weighted by Crippen LogP contribution is 2.36. The first-order chi connectivity index (χ1) is 13.8. The van der Waals surface area contributed by atoms with Gasteiger partial charge in [-0.05, 0) is 23.6 Å². The lowest BCUT2D eigenvalue weighted by Crippen LogP contribution is -2.51. The van der Waals surface area contributed by atoms with E-state index in [2.05, 4.69) is 10.1 Å². The van der Waals surface area contributed by atoms with Gasteiger partial charge in [-0.3, -0.25) is 4.79 Å². The molecule has 0 radical (unpaired) electrons. The number of aliphatic hydroxyl groups is 1. The number of carbonyl (C=O) groups excluding carboxylic acids is 1. The Morgan fingerprint density at radius 2 is 1.93 bits per heavy atom. The second kappa shape index (κ2) is 7.20. The molecule has 0 aliphatic carbocycles. The van der Waals surface area contributed by atoms with Crippen molar-refractivity contribution in [2.75, 3.05) is 0 Å². The van der Waals surface area contributed by atoms with E-state index in [1.165, 1.54) is 17.4 Å². The molecule has 10 heteroatoms. The molecule has 150 valence electrons. The lowest BCUT2D eigenvalue weighted by atomic mass is 10.0. The Morgan fingerprint density at radius 1 is 1.17 bits per heavy atom. The van der Waals surface area contributed by atoms with Gasteiger partial charge < -0.3 is 5.11 Å². The Morgan fingerprint density at radius 3 is 2.59 bits per heavy atom. The van der Waals surface area contributed by atoms with Crippen LogP contribution < -0.4 is 0 Å². The van der Waals surface area contributed by atoms with E-state index in [1.54, 1.807) is 36.4 Å². The maximum Gasteiger partial charge on any atom is 0.287 e. The number of alkyl halides is 4. The van der Waals surface area contributed by atoms with Gasteiger partial charge in [-0.15, -0.1) is 11.3 Å². The topological polar surface area (TPSA) is 65.8 Å². The van der Waals surface area contributed by atoms with Crippen molar-refractivity contribution in [3.63, 3.8) is 0 Å². The molecule has 0 saturated carbocycles. The third kappa shape index (κ3) is 3.28. The van der Waals surface area contributed by atoms with E-state index >= 15 is 0 Å². The summed E-state index contributed by atoms with van der Waals surface area (Å²) in [4.78, 5) is 18.3. The van der Waals surface area contributed by atoms with E-state index < -0.39 is 36.6 Å². The molecule has 1 aliphatic heterocycles. The monoisotopic (exact) mass is 423 g/mol. The smallest absolute Gasteiger partial charge is 0.287 e. The number of nitrogens with zero attached hydrogens (tertiary/aromatic N) is 3. The summed E-state index contributed by atoms with van der Waals surface area (Å²) < 4.78 is 53.2. The number of halogens is 4. The molecule has 1 amide bonds. The summed E-state index contributed by atoms with van der Waals surface area (Å²) in [5, 5.41) is 15.8. The first-order valence-corrected chi connectivity index (χ1v) is 9.33. The Bertz CT molecular complexity index is 1100. The van der Waals surface area contributed by atoms with E-state index in [4.69, 9.17) is 0 Å². The molecule has 29 heavy (non-hydrogen) atoms. The molecule has 5 nitrogen and oxygen atoms in total. The number of para-hydroxylation sites is 1. The maximum absolute atomic E-state index is 13.5. The summed E-state index contributed by atoms with van der Waals surface area (Å²) in [5.74, 6) is -1.11. The second-order valence-corrected chi connectivity index (χ2v) is 7.36. The van der Waals surface area contributed by atoms with Gasteiger partial charge in [0.15, 0.2) is 0 Å². The Balaban J connectivity index is 1.88. The van der Waals surface area contributed by atoms with Gasteiger partial charge in [0.25, 0.3) is 18.8 Å². The number of carbonyl (C=O) groups is 1. The average Bonchev–Trinajstić information content (AvgIpc) is 3.35. The number of benzene rings is 1. The van der Waals surface area contributed by atoms with Gasteiger partial charge >= 0.3 is 0 Å². The van der Waals surface area contributed by atoms with Crippen LogP contribution in [-0.4, -0.2) is 45.3 Å². The minimum Gasteiger partial charge on any atom is -0.364 e. The van der Waals surface area contributed by atoms with Gasteiger partial charge in [0.2, 0.25) is 5.72 Å². The fourth-order valence-corrected chi connectivity index (χ4v) is 3.81. The van der Waals surface area contributed by atoms with E-state index in [1.807, 2.05) is 5.38 Å². The van der Waals surface area contributed by atoms with Crippen molar-refractivity contribution in [3.05, 3.63) is 53.4 Å². The molecule has 1 N–H and O–H groups in total. The zero-order chi connectivity index (χ0) is 20.8. The predicted octanol–water partition coefficient (Wildman–Crippen LogP) is 4.38. The van der Waals surface area contributed by atoms with Crippen molar-refractivity contribution in [2.45, 2.75) is 25.0 Å². The quantitative estimate of drug-likeness (QED) is 0.634. The van der Waals surface area contributed by atoms with Gasteiger partial charge in [0, 0.05) is 11.8 Å². The highest BCUT2D eigenvalue weighted by molar-refractivity contribution is 7.13. The standard InChI is InChI=1S/C19H13F4N3O2S/c20-16(21)14-9-19(28,18(22)23)26(25-14)17(27)11-8-13(15-6-3-7-29-15)24-12-5-2-1-4-10(11)12/h1-8,16,18,28H,9H2/t19-/m1/s1. The van der Waals surface area contributed by atoms with Gasteiger partial charge in [0.05, 0.1) is 21.7 Å². The molecule has 0 bridgehead atoms. The number of fused-ring (bicyclic) bond motifs is 1. The van der Waals surface area contributed by atoms with Crippen molar-refractivity contribution in [2.24, 2.45) is 5.10 Å². The van der Waals surface area contributed by atoms with E-state index in [0.29, 0.717) is 16.6 Å². The number of hydrogen-bond donors (Lipinski definition) is 1. The number of hydrogen-bond acceptors (Lipinski definition) is 5. The van der Waals surface area contributed by atoms with Gasteiger partial charge in [-0.1, -0.05) is 24.3 Å². The Kier molecular flexibility index (Phi) is 4.83. The van der Waals surface area contributed by atoms with Gasteiger partial charge in [0.1, 0.15) is 5.71 Å². The number of hydrazone groups is 1. The summed E-state index contributed by atoms with van der Waals surface area (Å²) in [5.41, 5.74) is -3.36. The molecule has 0 fully saturated rings. The fraction of sp³-hybridized carbons (Fsp3) is 0.211. The van der Waals surface area contributed by atoms with Crippen LogP contribution >= 0.6 is 11.3 Å². The number of rotatable bonds is 4. The minimum atomic E-state index is -3.49. The Hall–Kier alpha value is -2.85. The van der Waals surface area contributed by atoms with E-state index in [0.717, 1.165) is 4.88 Å². The summed E-state index contributed by atoms with van der Waals surface area (Å²) in [6.07, 6.45) is -7.79. The number of pyridine rings is 1. The molecule has 1 atom stereocenters. The van der Waals surface area contributed by atoms with Crippen LogP contribution in [0.3, 0.4) is 0 Å². The summed E-state index contributed by atoms with van der Waals surface area (Å²) in [7, 11) is 0. The lowest BCUT2D eigenvalue weighted by Gasteiger charge is -2.30. The molecule has 0 saturated heterocycles. The van der Waals surface area contributed by atoms with Crippen LogP contribution in [0.5, 0.6) is 0 Å². The van der Waals surface area contributed by atoms with Crippen molar-refractivity contribution in [3.8, 4) is 10.6 Å². The van der Waals surface area contributed by atoms with E-state index in [-0.39, 0.29) is 10.6 Å². The molecule has 1 aromatic carbocycles. The van der Waals surface area contributed by atoms with Crippen LogP contribution in [0, 0.1) is 0 Å². The molecular weight excluding hydrogens is 410 g/mol. The molecular formula is C19H13F4N3O2S. The number of amides is 1. The molecule has 2 aromatic heterocycles. The number of thiophene rings is 1. The highest BCUT2D eigenvalue weighted by Gasteiger charge is 2.53. The largest absolute Gasteiger partial charge is 0.364 e. The van der Waals surface area contributed by atoms with Crippen molar-refractivity contribution in [1.29, 1.82) is 0 Å². The molecule has 3 aromatic rings. The van der Waals surface area contributed by atoms with Crippen molar-refractivity contribution in [1.82, 2.24) is 9.99 Å². The first-order valence-electron chi connectivity index (χ1n) is 8.45. The summed E-state index contributed by atoms with van der Waals surface area (Å²) in [6, 6.07) is 11.5. The normalized spacial score (nSPS) is 19.4. The maximum atomic E-state index is 13.5. The highest BCUT2D eigenvalue weighted by atomic mass is 32.1. The molecule has 3 heterocycles. The molecule has 0 unspecified atom stereocenters. The molecule has 1 aliphatic rings. The zero-order valence-electron chi connectivity index (χ0n) is 14.6. The third-order valence-electron chi connectivity index (χ3n) is 4.55. The average molecular weight is 423 g/mol.